The van der Waals surface area contributed by atoms with Gasteiger partial charge in [-0.15, -0.1) is 11.6 Å². The molecule has 2 heteroatoms. The van der Waals surface area contributed by atoms with E-state index in [0.29, 0.717) is 5.88 Å². The van der Waals surface area contributed by atoms with Crippen molar-refractivity contribution in [2.45, 2.75) is 12.3 Å². The Hall–Kier alpha value is -0.950. The average molecular weight is 195 g/mol. The summed E-state index contributed by atoms with van der Waals surface area (Å²) in [5, 5.41) is 0. The molecule has 0 N–H and O–H groups in total. The van der Waals surface area contributed by atoms with Gasteiger partial charge in [-0.05, 0) is 29.7 Å². The molecule has 0 fully saturated rings. The molecule has 1 aromatic rings. The highest BCUT2D eigenvalue weighted by Crippen LogP contribution is 2.29. The van der Waals surface area contributed by atoms with Gasteiger partial charge in [0.2, 0.25) is 0 Å². The minimum absolute atomic E-state index is 0.510. The molecule has 0 amide bonds. The fourth-order valence-corrected chi connectivity index (χ4v) is 1.84. The first kappa shape index (κ1) is 8.64. The van der Waals surface area contributed by atoms with Crippen LogP contribution >= 0.6 is 11.6 Å². The van der Waals surface area contributed by atoms with Crippen molar-refractivity contribution in [3.8, 4) is 5.75 Å². The van der Waals surface area contributed by atoms with E-state index >= 15 is 0 Å². The highest BCUT2D eigenvalue weighted by molar-refractivity contribution is 6.17. The Morgan fingerprint density at radius 3 is 3.00 bits per heavy atom. The van der Waals surface area contributed by atoms with E-state index in [1.54, 1.807) is 7.11 Å². The average Bonchev–Trinajstić information content (AvgIpc) is 2.62. The lowest BCUT2D eigenvalue weighted by atomic mass is 10.1. The number of alkyl halides is 1. The molecule has 68 valence electrons. The van der Waals surface area contributed by atoms with Crippen LogP contribution in [0.2, 0.25) is 0 Å². The van der Waals surface area contributed by atoms with Crippen LogP contribution in [0.3, 0.4) is 0 Å². The third kappa shape index (κ3) is 1.44. The Labute approximate surface area is 83.0 Å². The maximum atomic E-state index is 5.81. The lowest BCUT2D eigenvalue weighted by Gasteiger charge is -2.08. The molecule has 0 spiro atoms. The van der Waals surface area contributed by atoms with Gasteiger partial charge < -0.3 is 4.74 Å². The van der Waals surface area contributed by atoms with E-state index in [0.717, 1.165) is 17.7 Å². The number of fused-ring (bicyclic) bond motifs is 1. The van der Waals surface area contributed by atoms with Crippen molar-refractivity contribution >= 4 is 17.7 Å². The van der Waals surface area contributed by atoms with Gasteiger partial charge in [0.15, 0.2) is 0 Å². The molecule has 0 atom stereocenters. The van der Waals surface area contributed by atoms with Crippen molar-refractivity contribution in [1.29, 1.82) is 0 Å². The van der Waals surface area contributed by atoms with Gasteiger partial charge in [0.1, 0.15) is 5.75 Å². The van der Waals surface area contributed by atoms with E-state index in [2.05, 4.69) is 24.3 Å². The molecule has 0 saturated carbocycles. The summed E-state index contributed by atoms with van der Waals surface area (Å²) in [5.41, 5.74) is 3.67. The number of rotatable bonds is 2. The summed E-state index contributed by atoms with van der Waals surface area (Å²) in [7, 11) is 1.68. The summed E-state index contributed by atoms with van der Waals surface area (Å²) in [4.78, 5) is 0. The number of benzene rings is 1. The molecule has 0 radical (unpaired) electrons. The van der Waals surface area contributed by atoms with Crippen molar-refractivity contribution in [2.24, 2.45) is 0 Å². The first-order valence-electron chi connectivity index (χ1n) is 4.27. The minimum Gasteiger partial charge on any atom is -0.496 e. The van der Waals surface area contributed by atoms with Crippen LogP contribution in [0.25, 0.3) is 6.08 Å². The van der Waals surface area contributed by atoms with Crippen molar-refractivity contribution in [1.82, 2.24) is 0 Å². The topological polar surface area (TPSA) is 9.23 Å². The zero-order valence-corrected chi connectivity index (χ0v) is 8.27. The fourth-order valence-electron chi connectivity index (χ4n) is 1.63. The molecule has 0 unspecified atom stereocenters. The Balaban J connectivity index is 2.51. The monoisotopic (exact) mass is 194 g/mol. The number of allylic oxidation sites excluding steroid dienone is 1. The number of hydrogen-bond acceptors (Lipinski definition) is 1. The summed E-state index contributed by atoms with van der Waals surface area (Å²) in [5.74, 6) is 1.40. The van der Waals surface area contributed by atoms with E-state index < -0.39 is 0 Å². The van der Waals surface area contributed by atoms with Gasteiger partial charge in [-0.2, -0.15) is 0 Å². The van der Waals surface area contributed by atoms with E-state index in [1.807, 2.05) is 0 Å². The second-order valence-corrected chi connectivity index (χ2v) is 3.37. The van der Waals surface area contributed by atoms with Crippen molar-refractivity contribution in [3.63, 3.8) is 0 Å². The number of halogens is 1. The summed E-state index contributed by atoms with van der Waals surface area (Å²) in [6, 6.07) is 4.18. The van der Waals surface area contributed by atoms with Crippen molar-refractivity contribution < 1.29 is 4.74 Å². The molecule has 1 nitrogen and oxygen atoms in total. The van der Waals surface area contributed by atoms with Gasteiger partial charge in [-0.25, -0.2) is 0 Å². The number of hydrogen-bond donors (Lipinski definition) is 0. The first-order valence-corrected chi connectivity index (χ1v) is 4.81. The minimum atomic E-state index is 0.510. The van der Waals surface area contributed by atoms with Crippen molar-refractivity contribution in [2.75, 3.05) is 7.11 Å². The third-order valence-electron chi connectivity index (χ3n) is 2.32. The third-order valence-corrected chi connectivity index (χ3v) is 2.61. The fraction of sp³-hybridized carbons (Fsp3) is 0.273. The highest BCUT2D eigenvalue weighted by Gasteiger charge is 2.10. The van der Waals surface area contributed by atoms with Crippen LogP contribution in [0.15, 0.2) is 18.2 Å². The zero-order chi connectivity index (χ0) is 9.26. The molecule has 0 aromatic heterocycles. The Bertz CT molecular complexity index is 355. The molecule has 0 heterocycles. The quantitative estimate of drug-likeness (QED) is 0.658. The van der Waals surface area contributed by atoms with Crippen LogP contribution in [0.1, 0.15) is 16.7 Å². The van der Waals surface area contributed by atoms with Crippen LogP contribution < -0.4 is 4.74 Å². The Morgan fingerprint density at radius 1 is 1.46 bits per heavy atom. The summed E-state index contributed by atoms with van der Waals surface area (Å²) >= 11 is 5.81. The Kier molecular flexibility index (Phi) is 2.28. The molecule has 0 bridgehead atoms. The largest absolute Gasteiger partial charge is 0.496 e. The normalized spacial score (nSPS) is 13.1. The van der Waals surface area contributed by atoms with Gasteiger partial charge in [-0.1, -0.05) is 12.2 Å². The van der Waals surface area contributed by atoms with E-state index in [1.165, 1.54) is 11.1 Å². The lowest BCUT2D eigenvalue weighted by Crippen LogP contribution is -1.92. The Morgan fingerprint density at radius 2 is 2.31 bits per heavy atom. The molecule has 1 aliphatic rings. The van der Waals surface area contributed by atoms with E-state index in [-0.39, 0.29) is 0 Å². The maximum absolute atomic E-state index is 5.81. The highest BCUT2D eigenvalue weighted by atomic mass is 35.5. The second-order valence-electron chi connectivity index (χ2n) is 3.10. The van der Waals surface area contributed by atoms with Crippen LogP contribution in [-0.2, 0) is 12.3 Å². The van der Waals surface area contributed by atoms with Gasteiger partial charge in [0, 0.05) is 5.56 Å². The van der Waals surface area contributed by atoms with Crippen molar-refractivity contribution in [3.05, 3.63) is 34.9 Å². The molecule has 0 saturated heterocycles. The van der Waals surface area contributed by atoms with Crippen LogP contribution in [0, 0.1) is 0 Å². The van der Waals surface area contributed by atoms with Gasteiger partial charge >= 0.3 is 0 Å². The van der Waals surface area contributed by atoms with Gasteiger partial charge in [0.25, 0.3) is 0 Å². The van der Waals surface area contributed by atoms with Crippen LogP contribution in [0.5, 0.6) is 5.75 Å². The van der Waals surface area contributed by atoms with Crippen LogP contribution in [-0.4, -0.2) is 7.11 Å². The van der Waals surface area contributed by atoms with Gasteiger partial charge in [-0.3, -0.25) is 0 Å². The van der Waals surface area contributed by atoms with E-state index in [9.17, 15) is 0 Å². The SMILES string of the molecule is COc1cc2c(cc1CCl)CC=C2. The predicted molar refractivity (Wildman–Crippen MR) is 55.3 cm³/mol. The molecule has 0 aliphatic heterocycles. The smallest absolute Gasteiger partial charge is 0.123 e. The van der Waals surface area contributed by atoms with E-state index in [4.69, 9.17) is 16.3 Å². The zero-order valence-electron chi connectivity index (χ0n) is 7.51. The standard InChI is InChI=1S/C11H11ClO/c1-13-11-6-9-4-2-3-8(9)5-10(11)7-12/h2,4-6H,3,7H2,1H3. The summed E-state index contributed by atoms with van der Waals surface area (Å²) < 4.78 is 5.24. The summed E-state index contributed by atoms with van der Waals surface area (Å²) in [6.07, 6.45) is 5.29. The summed E-state index contributed by atoms with van der Waals surface area (Å²) in [6.45, 7) is 0. The molecule has 1 aromatic carbocycles. The first-order chi connectivity index (χ1) is 6.35. The molecular formula is C11H11ClO. The maximum Gasteiger partial charge on any atom is 0.123 e. The second kappa shape index (κ2) is 3.43. The molecule has 13 heavy (non-hydrogen) atoms. The lowest BCUT2D eigenvalue weighted by molar-refractivity contribution is 0.411. The molecule has 2 rings (SSSR count). The van der Waals surface area contributed by atoms with Gasteiger partial charge in [0.05, 0.1) is 13.0 Å². The predicted octanol–water partition coefficient (Wildman–Crippen LogP) is 3.00. The number of methoxy groups -OCH3 is 1. The molecule has 1 aliphatic carbocycles. The van der Waals surface area contributed by atoms with Crippen LogP contribution in [0.4, 0.5) is 0 Å². The number of ether oxygens (including phenoxy) is 1. The molecular weight excluding hydrogens is 184 g/mol.